The lowest BCUT2D eigenvalue weighted by Crippen LogP contribution is -2.31. The molecule has 0 saturated carbocycles. The Morgan fingerprint density at radius 3 is 3.04 bits per heavy atom. The maximum Gasteiger partial charge on any atom is 0.254 e. The minimum Gasteiger partial charge on any atom is -0.479 e. The van der Waals surface area contributed by atoms with Crippen molar-refractivity contribution in [3.8, 4) is 17.0 Å². The number of amides is 1. The van der Waals surface area contributed by atoms with Crippen molar-refractivity contribution in [3.63, 3.8) is 0 Å². The van der Waals surface area contributed by atoms with E-state index in [0.717, 1.165) is 36.2 Å². The number of aromatic nitrogens is 4. The van der Waals surface area contributed by atoms with Gasteiger partial charge in [0.1, 0.15) is 5.76 Å². The molecule has 1 atom stereocenters. The second-order valence-electron chi connectivity index (χ2n) is 6.51. The molecular formula is C19H21N5O3. The van der Waals surface area contributed by atoms with Gasteiger partial charge in [0.15, 0.2) is 0 Å². The van der Waals surface area contributed by atoms with E-state index in [9.17, 15) is 4.79 Å². The number of methoxy groups -OCH3 is 1. The maximum atomic E-state index is 12.8. The fourth-order valence-corrected chi connectivity index (χ4v) is 3.56. The molecule has 0 spiro atoms. The van der Waals surface area contributed by atoms with Gasteiger partial charge in [0.25, 0.3) is 5.88 Å². The molecule has 1 aliphatic heterocycles. The van der Waals surface area contributed by atoms with Gasteiger partial charge in [0.2, 0.25) is 5.91 Å². The van der Waals surface area contributed by atoms with Gasteiger partial charge in [-0.1, -0.05) is 0 Å². The summed E-state index contributed by atoms with van der Waals surface area (Å²) in [6.45, 7) is 0.748. The highest BCUT2D eigenvalue weighted by molar-refractivity contribution is 5.78. The van der Waals surface area contributed by atoms with Crippen LogP contribution in [0, 0.1) is 0 Å². The van der Waals surface area contributed by atoms with Gasteiger partial charge in [-0.15, -0.1) is 0 Å². The largest absolute Gasteiger partial charge is 0.479 e. The number of aryl methyl sites for hydroxylation is 1. The number of hydrogen-bond donors (Lipinski definition) is 1. The zero-order chi connectivity index (χ0) is 18.6. The number of nitrogens with one attached hydrogen (secondary N) is 1. The normalized spacial score (nSPS) is 16.6. The number of carbonyl (C=O) groups is 1. The Balaban J connectivity index is 1.48. The van der Waals surface area contributed by atoms with E-state index in [1.165, 1.54) is 7.11 Å². The quantitative estimate of drug-likeness (QED) is 0.719. The van der Waals surface area contributed by atoms with Gasteiger partial charge in [-0.3, -0.25) is 14.9 Å². The van der Waals surface area contributed by atoms with Crippen LogP contribution in [0.5, 0.6) is 5.88 Å². The average Bonchev–Trinajstić information content (AvgIpc) is 3.46. The van der Waals surface area contributed by atoms with Gasteiger partial charge in [-0.05, 0) is 35.7 Å². The number of carbonyl (C=O) groups excluding carboxylic acids is 1. The van der Waals surface area contributed by atoms with Gasteiger partial charge in [-0.2, -0.15) is 5.10 Å². The van der Waals surface area contributed by atoms with Gasteiger partial charge in [0.05, 0.1) is 25.0 Å². The molecule has 0 radical (unpaired) electrons. The van der Waals surface area contributed by atoms with Crippen LogP contribution >= 0.6 is 0 Å². The molecule has 3 aromatic rings. The van der Waals surface area contributed by atoms with E-state index in [1.54, 1.807) is 18.5 Å². The van der Waals surface area contributed by atoms with Crippen LogP contribution in [0.15, 0.2) is 41.3 Å². The third kappa shape index (κ3) is 3.55. The Hall–Kier alpha value is -3.16. The summed E-state index contributed by atoms with van der Waals surface area (Å²) in [5.74, 6) is 1.18. The summed E-state index contributed by atoms with van der Waals surface area (Å²) in [6, 6.07) is 5.62. The summed E-state index contributed by atoms with van der Waals surface area (Å²) in [5.41, 5.74) is 3.04. The highest BCUT2D eigenvalue weighted by Gasteiger charge is 2.32. The van der Waals surface area contributed by atoms with E-state index >= 15 is 0 Å². The minimum atomic E-state index is 0.00688. The maximum absolute atomic E-state index is 12.8. The summed E-state index contributed by atoms with van der Waals surface area (Å²) in [6.07, 6.45) is 8.09. The predicted molar refractivity (Wildman–Crippen MR) is 96.9 cm³/mol. The van der Waals surface area contributed by atoms with Gasteiger partial charge < -0.3 is 14.2 Å². The van der Waals surface area contributed by atoms with Crippen LogP contribution in [-0.4, -0.2) is 44.8 Å². The molecular weight excluding hydrogens is 346 g/mol. The van der Waals surface area contributed by atoms with Crippen LogP contribution in [0.1, 0.15) is 36.8 Å². The summed E-state index contributed by atoms with van der Waals surface area (Å²) >= 11 is 0. The van der Waals surface area contributed by atoms with E-state index in [2.05, 4.69) is 20.3 Å². The molecule has 140 valence electrons. The molecule has 8 heteroatoms. The molecule has 1 N–H and O–H groups in total. The summed E-state index contributed by atoms with van der Waals surface area (Å²) in [4.78, 5) is 18.8. The zero-order valence-electron chi connectivity index (χ0n) is 15.1. The molecule has 4 rings (SSSR count). The summed E-state index contributed by atoms with van der Waals surface area (Å²) in [7, 11) is 1.53. The van der Waals surface area contributed by atoms with Crippen LogP contribution in [-0.2, 0) is 11.2 Å². The molecule has 0 aliphatic carbocycles. The van der Waals surface area contributed by atoms with Crippen molar-refractivity contribution in [1.29, 1.82) is 0 Å². The number of rotatable bonds is 6. The van der Waals surface area contributed by atoms with Crippen molar-refractivity contribution in [2.24, 2.45) is 0 Å². The molecule has 1 fully saturated rings. The van der Waals surface area contributed by atoms with Crippen molar-refractivity contribution in [2.75, 3.05) is 13.7 Å². The molecule has 3 aromatic heterocycles. The number of aromatic amines is 1. The average molecular weight is 367 g/mol. The molecule has 0 bridgehead atoms. The number of ether oxygens (including phenoxy) is 1. The number of nitrogens with zero attached hydrogens (tertiary/aromatic N) is 4. The van der Waals surface area contributed by atoms with Crippen molar-refractivity contribution < 1.29 is 14.1 Å². The Morgan fingerprint density at radius 2 is 2.26 bits per heavy atom. The van der Waals surface area contributed by atoms with Crippen molar-refractivity contribution in [2.45, 2.75) is 31.7 Å². The minimum absolute atomic E-state index is 0.00688. The number of pyridine rings is 1. The fraction of sp³-hybridized carbons (Fsp3) is 0.368. The third-order valence-corrected chi connectivity index (χ3v) is 4.90. The zero-order valence-corrected chi connectivity index (χ0v) is 15.1. The van der Waals surface area contributed by atoms with Crippen molar-refractivity contribution >= 4 is 5.91 Å². The van der Waals surface area contributed by atoms with Crippen LogP contribution < -0.4 is 4.74 Å². The van der Waals surface area contributed by atoms with Crippen LogP contribution in [0.3, 0.4) is 0 Å². The van der Waals surface area contributed by atoms with Gasteiger partial charge >= 0.3 is 0 Å². The topological polar surface area (TPSA) is 97.1 Å². The van der Waals surface area contributed by atoms with E-state index in [1.807, 2.05) is 23.2 Å². The number of likely N-dealkylation sites (tertiary alicyclic amines) is 1. The van der Waals surface area contributed by atoms with E-state index < -0.39 is 0 Å². The summed E-state index contributed by atoms with van der Waals surface area (Å²) < 4.78 is 10.2. The number of H-pyrrole nitrogens is 1. The predicted octanol–water partition coefficient (Wildman–Crippen LogP) is 2.76. The Bertz CT molecular complexity index is 905. The van der Waals surface area contributed by atoms with Gasteiger partial charge in [-0.25, -0.2) is 0 Å². The molecule has 0 unspecified atom stereocenters. The van der Waals surface area contributed by atoms with Gasteiger partial charge in [0, 0.05) is 43.4 Å². The van der Waals surface area contributed by atoms with E-state index in [4.69, 9.17) is 9.26 Å². The fourth-order valence-electron chi connectivity index (χ4n) is 3.56. The molecule has 8 nitrogen and oxygen atoms in total. The third-order valence-electron chi connectivity index (χ3n) is 4.90. The Morgan fingerprint density at radius 1 is 1.41 bits per heavy atom. The lowest BCUT2D eigenvalue weighted by atomic mass is 10.0. The SMILES string of the molecule is COc1cc(CCC(=O)N2CCC[C@H]2c2[nH]ncc2-c2ccncc2)on1. The smallest absolute Gasteiger partial charge is 0.254 e. The first-order chi connectivity index (χ1) is 13.3. The second kappa shape index (κ2) is 7.61. The first-order valence-corrected chi connectivity index (χ1v) is 8.99. The first-order valence-electron chi connectivity index (χ1n) is 8.99. The molecule has 1 aliphatic rings. The lowest BCUT2D eigenvalue weighted by Gasteiger charge is -2.24. The monoisotopic (exact) mass is 367 g/mol. The molecule has 0 aromatic carbocycles. The van der Waals surface area contributed by atoms with E-state index in [-0.39, 0.29) is 11.9 Å². The highest BCUT2D eigenvalue weighted by atomic mass is 16.5. The van der Waals surface area contributed by atoms with Crippen LogP contribution in [0.4, 0.5) is 0 Å². The van der Waals surface area contributed by atoms with Crippen molar-refractivity contribution in [3.05, 3.63) is 48.2 Å². The van der Waals surface area contributed by atoms with Crippen molar-refractivity contribution in [1.82, 2.24) is 25.2 Å². The molecule has 4 heterocycles. The molecule has 1 saturated heterocycles. The Kier molecular flexibility index (Phi) is 4.86. The number of hydrogen-bond acceptors (Lipinski definition) is 6. The standard InChI is InChI=1S/C19H21N5O3/c1-26-17-11-14(27-23-17)4-5-18(25)24-10-2-3-16(24)19-15(12-21-22-19)13-6-8-20-9-7-13/h6-9,11-12,16H,2-5,10H2,1H3,(H,21,22)/t16-/m0/s1. The first kappa shape index (κ1) is 17.3. The lowest BCUT2D eigenvalue weighted by molar-refractivity contribution is -0.132. The Labute approximate surface area is 156 Å². The highest BCUT2D eigenvalue weighted by Crippen LogP contribution is 2.36. The molecule has 1 amide bonds. The van der Waals surface area contributed by atoms with Crippen LogP contribution in [0.2, 0.25) is 0 Å². The van der Waals surface area contributed by atoms with E-state index in [0.29, 0.717) is 24.5 Å². The van der Waals surface area contributed by atoms with Crippen LogP contribution in [0.25, 0.3) is 11.1 Å². The second-order valence-corrected chi connectivity index (χ2v) is 6.51. The molecule has 27 heavy (non-hydrogen) atoms. The summed E-state index contributed by atoms with van der Waals surface area (Å²) in [5, 5.41) is 11.1.